The third-order valence-electron chi connectivity index (χ3n) is 3.35. The Kier molecular flexibility index (Phi) is 4.00. The van der Waals surface area contributed by atoms with Gasteiger partial charge in [-0.2, -0.15) is 4.99 Å². The van der Waals surface area contributed by atoms with Crippen molar-refractivity contribution >= 4 is 27.5 Å². The number of hydrogen-bond acceptors (Lipinski definition) is 4. The lowest BCUT2D eigenvalue weighted by Crippen LogP contribution is -2.17. The number of methoxy groups -OCH3 is 1. The minimum absolute atomic E-state index is 0.285. The predicted molar refractivity (Wildman–Crippen MR) is 88.3 cm³/mol. The van der Waals surface area contributed by atoms with Gasteiger partial charge in [0.25, 0.3) is 0 Å². The maximum absolute atomic E-state index is 12.3. The summed E-state index contributed by atoms with van der Waals surface area (Å²) in [4.78, 5) is 21.1. The van der Waals surface area contributed by atoms with E-state index in [1.165, 1.54) is 11.3 Å². The summed E-state index contributed by atoms with van der Waals surface area (Å²) < 4.78 is 9.65. The molecule has 0 bridgehead atoms. The van der Waals surface area contributed by atoms with E-state index < -0.39 is 5.91 Å². The number of aryl methyl sites for hydroxylation is 1. The molecule has 2 heterocycles. The minimum atomic E-state index is -0.401. The Hall–Kier alpha value is -2.85. The molecule has 3 rings (SSSR count). The number of amides is 1. The predicted octanol–water partition coefficient (Wildman–Crippen LogP) is 1.82. The van der Waals surface area contributed by atoms with Gasteiger partial charge in [-0.05, 0) is 18.2 Å². The number of aromatic nitrogens is 3. The van der Waals surface area contributed by atoms with Gasteiger partial charge in [0.05, 0.1) is 23.9 Å². The minimum Gasteiger partial charge on any atom is -0.497 e. The molecule has 0 aliphatic rings. The van der Waals surface area contributed by atoms with Crippen molar-refractivity contribution in [2.45, 2.75) is 6.54 Å². The summed E-state index contributed by atoms with van der Waals surface area (Å²) in [6.07, 6.45) is 8.72. The SMILES string of the molecule is C#CCn1c(=NC(=O)c2nccn2C)sc2cc(OC)ccc21. The van der Waals surface area contributed by atoms with Crippen LogP contribution in [0.4, 0.5) is 0 Å². The summed E-state index contributed by atoms with van der Waals surface area (Å²) in [5, 5.41) is 0. The van der Waals surface area contributed by atoms with Gasteiger partial charge in [0.2, 0.25) is 5.82 Å². The third-order valence-corrected chi connectivity index (χ3v) is 4.39. The Morgan fingerprint density at radius 3 is 3.00 bits per heavy atom. The number of fused-ring (bicyclic) bond motifs is 1. The van der Waals surface area contributed by atoms with Crippen LogP contribution in [-0.4, -0.2) is 27.1 Å². The average Bonchev–Trinajstić information content (AvgIpc) is 3.11. The summed E-state index contributed by atoms with van der Waals surface area (Å²) in [5.41, 5.74) is 0.917. The first-order valence-corrected chi connectivity index (χ1v) is 7.63. The second-order valence-electron chi connectivity index (χ2n) is 4.79. The smallest absolute Gasteiger partial charge is 0.315 e. The first kappa shape index (κ1) is 15.1. The Labute approximate surface area is 136 Å². The van der Waals surface area contributed by atoms with Gasteiger partial charge in [-0.25, -0.2) is 4.98 Å². The quantitative estimate of drug-likeness (QED) is 0.690. The molecule has 116 valence electrons. The fourth-order valence-corrected chi connectivity index (χ4v) is 3.27. The molecule has 6 nitrogen and oxygen atoms in total. The largest absolute Gasteiger partial charge is 0.497 e. The number of terminal acetylenes is 1. The lowest BCUT2D eigenvalue weighted by Gasteiger charge is -2.01. The Morgan fingerprint density at radius 2 is 2.35 bits per heavy atom. The van der Waals surface area contributed by atoms with Crippen LogP contribution in [0.15, 0.2) is 35.6 Å². The molecule has 0 radical (unpaired) electrons. The average molecular weight is 326 g/mol. The van der Waals surface area contributed by atoms with Crippen molar-refractivity contribution in [3.05, 3.63) is 41.2 Å². The van der Waals surface area contributed by atoms with Crippen LogP contribution in [0.5, 0.6) is 5.75 Å². The zero-order valence-corrected chi connectivity index (χ0v) is 13.5. The van der Waals surface area contributed by atoms with E-state index in [4.69, 9.17) is 11.2 Å². The van der Waals surface area contributed by atoms with Crippen LogP contribution in [0, 0.1) is 12.3 Å². The van der Waals surface area contributed by atoms with E-state index in [0.29, 0.717) is 11.3 Å². The highest BCUT2D eigenvalue weighted by molar-refractivity contribution is 7.16. The van der Waals surface area contributed by atoms with Crippen LogP contribution in [0.25, 0.3) is 10.2 Å². The third kappa shape index (κ3) is 2.76. The molecule has 1 amide bonds. The van der Waals surface area contributed by atoms with Gasteiger partial charge >= 0.3 is 5.91 Å². The molecule has 0 saturated heterocycles. The van der Waals surface area contributed by atoms with E-state index in [1.54, 1.807) is 31.1 Å². The van der Waals surface area contributed by atoms with Crippen LogP contribution < -0.4 is 9.54 Å². The van der Waals surface area contributed by atoms with Gasteiger partial charge in [0.1, 0.15) is 5.75 Å². The van der Waals surface area contributed by atoms with Crippen molar-refractivity contribution in [1.82, 2.24) is 14.1 Å². The zero-order valence-electron chi connectivity index (χ0n) is 12.7. The number of carbonyl (C=O) groups excluding carboxylic acids is 1. The maximum atomic E-state index is 12.3. The van der Waals surface area contributed by atoms with Crippen molar-refractivity contribution in [2.75, 3.05) is 7.11 Å². The molecule has 23 heavy (non-hydrogen) atoms. The van der Waals surface area contributed by atoms with Crippen molar-refractivity contribution in [3.8, 4) is 18.1 Å². The van der Waals surface area contributed by atoms with E-state index in [0.717, 1.165) is 16.0 Å². The number of hydrogen-bond donors (Lipinski definition) is 0. The van der Waals surface area contributed by atoms with E-state index in [2.05, 4.69) is 15.9 Å². The fraction of sp³-hybridized carbons (Fsp3) is 0.188. The van der Waals surface area contributed by atoms with Gasteiger partial charge in [-0.15, -0.1) is 6.42 Å². The van der Waals surface area contributed by atoms with Crippen LogP contribution in [0.2, 0.25) is 0 Å². The molecule has 3 aromatic rings. The monoisotopic (exact) mass is 326 g/mol. The first-order chi connectivity index (χ1) is 11.1. The van der Waals surface area contributed by atoms with Gasteiger partial charge in [-0.1, -0.05) is 17.3 Å². The molecule has 0 spiro atoms. The highest BCUT2D eigenvalue weighted by Gasteiger charge is 2.12. The highest BCUT2D eigenvalue weighted by atomic mass is 32.1. The van der Waals surface area contributed by atoms with Gasteiger partial charge in [0.15, 0.2) is 4.80 Å². The number of benzene rings is 1. The maximum Gasteiger partial charge on any atom is 0.315 e. The molecule has 1 aromatic carbocycles. The molecule has 7 heteroatoms. The normalized spacial score (nSPS) is 11.6. The number of rotatable bonds is 3. The van der Waals surface area contributed by atoms with E-state index >= 15 is 0 Å². The van der Waals surface area contributed by atoms with Crippen molar-refractivity contribution in [3.63, 3.8) is 0 Å². The molecule has 0 unspecified atom stereocenters. The summed E-state index contributed by atoms with van der Waals surface area (Å²) in [6.45, 7) is 0.332. The molecule has 0 aliphatic carbocycles. The number of carbonyl (C=O) groups is 1. The van der Waals surface area contributed by atoms with E-state index in [1.807, 2.05) is 22.8 Å². The lowest BCUT2D eigenvalue weighted by atomic mass is 10.3. The van der Waals surface area contributed by atoms with E-state index in [-0.39, 0.29) is 5.82 Å². The molecule has 0 aliphatic heterocycles. The summed E-state index contributed by atoms with van der Waals surface area (Å²) in [6, 6.07) is 5.66. The van der Waals surface area contributed by atoms with Crippen molar-refractivity contribution in [1.29, 1.82) is 0 Å². The number of imidazole rings is 1. The summed E-state index contributed by atoms with van der Waals surface area (Å²) in [5.74, 6) is 3.22. The van der Waals surface area contributed by atoms with Crippen LogP contribution >= 0.6 is 11.3 Å². The highest BCUT2D eigenvalue weighted by Crippen LogP contribution is 2.23. The Bertz CT molecular complexity index is 988. The van der Waals surface area contributed by atoms with Gasteiger partial charge in [-0.3, -0.25) is 4.79 Å². The topological polar surface area (TPSA) is 61.4 Å². The molecule has 2 aromatic heterocycles. The van der Waals surface area contributed by atoms with Crippen molar-refractivity contribution in [2.24, 2.45) is 12.0 Å². The molecule has 0 saturated carbocycles. The molecule has 0 N–H and O–H groups in total. The zero-order chi connectivity index (χ0) is 16.4. The Balaban J connectivity index is 2.18. The fourth-order valence-electron chi connectivity index (χ4n) is 2.22. The van der Waals surface area contributed by atoms with E-state index in [9.17, 15) is 4.79 Å². The summed E-state index contributed by atoms with van der Waals surface area (Å²) >= 11 is 1.39. The van der Waals surface area contributed by atoms with Crippen LogP contribution in [0.1, 0.15) is 10.6 Å². The first-order valence-electron chi connectivity index (χ1n) is 6.81. The lowest BCUT2D eigenvalue weighted by molar-refractivity contribution is 0.0985. The standard InChI is InChI=1S/C16H14N4O2S/c1-4-8-20-12-6-5-11(22-3)10-13(12)23-16(20)18-15(21)14-17-7-9-19(14)2/h1,5-7,9-10H,8H2,2-3H3. The molecular formula is C16H14N4O2S. The number of ether oxygens (including phenoxy) is 1. The van der Waals surface area contributed by atoms with Crippen molar-refractivity contribution < 1.29 is 9.53 Å². The molecule has 0 atom stereocenters. The molecule has 0 fully saturated rings. The Morgan fingerprint density at radius 1 is 1.52 bits per heavy atom. The number of nitrogens with zero attached hydrogens (tertiary/aromatic N) is 4. The number of thiazole rings is 1. The second kappa shape index (κ2) is 6.10. The molecular weight excluding hydrogens is 312 g/mol. The van der Waals surface area contributed by atoms with Crippen LogP contribution in [-0.2, 0) is 13.6 Å². The summed E-state index contributed by atoms with van der Waals surface area (Å²) in [7, 11) is 3.36. The second-order valence-corrected chi connectivity index (χ2v) is 5.80. The van der Waals surface area contributed by atoms with Gasteiger partial charge in [0, 0.05) is 19.4 Å². The van der Waals surface area contributed by atoms with Crippen LogP contribution in [0.3, 0.4) is 0 Å². The van der Waals surface area contributed by atoms with Gasteiger partial charge < -0.3 is 13.9 Å².